The molecule has 8 nitrogen and oxygen atoms in total. The SMILES string of the molecule is Cc1cc(C(=O)CSc2nc(C(C)(C)C)nc3c2c(=O)n(C)c(=O)n3C)c(C)n1C1CC1. The zero-order chi connectivity index (χ0) is 23.5. The van der Waals surface area contributed by atoms with Gasteiger partial charge in [0.05, 0.1) is 5.75 Å². The first-order valence-electron chi connectivity index (χ1n) is 10.7. The van der Waals surface area contributed by atoms with E-state index >= 15 is 0 Å². The summed E-state index contributed by atoms with van der Waals surface area (Å²) in [6, 6.07) is 2.46. The lowest BCUT2D eigenvalue weighted by Crippen LogP contribution is -2.38. The van der Waals surface area contributed by atoms with Crippen LogP contribution in [0, 0.1) is 13.8 Å². The van der Waals surface area contributed by atoms with Crippen LogP contribution in [-0.2, 0) is 19.5 Å². The topological polar surface area (TPSA) is 91.8 Å². The van der Waals surface area contributed by atoms with Crippen LogP contribution in [0.5, 0.6) is 0 Å². The number of carbonyl (C=O) groups is 1. The lowest BCUT2D eigenvalue weighted by Gasteiger charge is -2.19. The van der Waals surface area contributed by atoms with Crippen LogP contribution in [0.1, 0.15) is 67.2 Å². The van der Waals surface area contributed by atoms with Gasteiger partial charge in [0.15, 0.2) is 11.4 Å². The molecule has 0 unspecified atom stereocenters. The minimum absolute atomic E-state index is 0.000662. The van der Waals surface area contributed by atoms with Crippen molar-refractivity contribution in [3.05, 3.63) is 49.7 Å². The molecule has 1 aliphatic carbocycles. The number of fused-ring (bicyclic) bond motifs is 1. The normalized spacial score (nSPS) is 14.3. The summed E-state index contributed by atoms with van der Waals surface area (Å²) in [5.74, 6) is 0.673. The Morgan fingerprint density at radius 3 is 2.38 bits per heavy atom. The van der Waals surface area contributed by atoms with Crippen molar-refractivity contribution >= 4 is 28.6 Å². The number of carbonyl (C=O) groups excluding carboxylic acids is 1. The second-order valence-corrected chi connectivity index (χ2v) is 10.6. The van der Waals surface area contributed by atoms with Gasteiger partial charge in [0, 0.05) is 42.5 Å². The molecule has 0 atom stereocenters. The molecule has 3 aromatic heterocycles. The van der Waals surface area contributed by atoms with Crippen LogP contribution in [-0.4, -0.2) is 35.2 Å². The molecule has 4 rings (SSSR count). The van der Waals surface area contributed by atoms with E-state index in [0.29, 0.717) is 22.5 Å². The standard InChI is InChI=1S/C23H29N5O3S/c1-12-10-15(13(2)28(12)14-8-9-14)16(29)11-32-19-17-18(24-21(25-19)23(3,4)5)26(6)22(31)27(7)20(17)30/h10,14H,8-9,11H2,1-7H3. The Morgan fingerprint density at radius 1 is 1.12 bits per heavy atom. The number of aryl methyl sites for hydroxylation is 2. The molecule has 170 valence electrons. The molecule has 9 heteroatoms. The minimum Gasteiger partial charge on any atom is -0.345 e. The summed E-state index contributed by atoms with van der Waals surface area (Å²) in [4.78, 5) is 47.7. The smallest absolute Gasteiger partial charge is 0.332 e. The predicted octanol–water partition coefficient (Wildman–Crippen LogP) is 3.05. The number of rotatable bonds is 5. The summed E-state index contributed by atoms with van der Waals surface area (Å²) < 4.78 is 4.67. The number of ketones is 1. The molecular weight excluding hydrogens is 426 g/mol. The fourth-order valence-corrected chi connectivity index (χ4v) is 4.93. The lowest BCUT2D eigenvalue weighted by atomic mass is 9.96. The molecule has 0 bridgehead atoms. The van der Waals surface area contributed by atoms with Crippen LogP contribution in [0.25, 0.3) is 11.0 Å². The average molecular weight is 456 g/mol. The molecule has 0 aliphatic heterocycles. The molecule has 1 saturated carbocycles. The number of hydrogen-bond acceptors (Lipinski definition) is 6. The maximum Gasteiger partial charge on any atom is 0.332 e. The number of hydrogen-bond donors (Lipinski definition) is 0. The molecule has 0 aromatic carbocycles. The Morgan fingerprint density at radius 2 is 1.78 bits per heavy atom. The molecule has 3 aromatic rings. The van der Waals surface area contributed by atoms with Crippen LogP contribution in [0.15, 0.2) is 20.7 Å². The Kier molecular flexibility index (Phi) is 5.43. The molecule has 0 amide bonds. The minimum atomic E-state index is -0.453. The third kappa shape index (κ3) is 3.72. The first kappa shape index (κ1) is 22.5. The lowest BCUT2D eigenvalue weighted by molar-refractivity contribution is 0.102. The Hall–Kier alpha value is -2.68. The van der Waals surface area contributed by atoms with E-state index in [2.05, 4.69) is 14.5 Å². The molecule has 32 heavy (non-hydrogen) atoms. The summed E-state index contributed by atoms with van der Waals surface area (Å²) in [5.41, 5.74) is 1.82. The second kappa shape index (κ2) is 7.72. The van der Waals surface area contributed by atoms with Crippen molar-refractivity contribution in [1.29, 1.82) is 0 Å². The van der Waals surface area contributed by atoms with Gasteiger partial charge in [-0.05, 0) is 32.8 Å². The van der Waals surface area contributed by atoms with E-state index in [1.165, 1.54) is 23.4 Å². The van der Waals surface area contributed by atoms with Gasteiger partial charge in [-0.3, -0.25) is 18.7 Å². The van der Waals surface area contributed by atoms with Gasteiger partial charge in [-0.2, -0.15) is 0 Å². The van der Waals surface area contributed by atoms with Crippen molar-refractivity contribution in [2.24, 2.45) is 14.1 Å². The van der Waals surface area contributed by atoms with Gasteiger partial charge in [0.1, 0.15) is 16.2 Å². The Labute approximate surface area is 190 Å². The highest BCUT2D eigenvalue weighted by atomic mass is 32.2. The maximum absolute atomic E-state index is 13.1. The average Bonchev–Trinajstić information content (AvgIpc) is 3.51. The molecule has 1 aliphatic rings. The third-order valence-corrected chi connectivity index (χ3v) is 6.95. The quantitative estimate of drug-likeness (QED) is 0.334. The molecule has 0 N–H and O–H groups in total. The zero-order valence-corrected chi connectivity index (χ0v) is 20.5. The van der Waals surface area contributed by atoms with Crippen molar-refractivity contribution in [1.82, 2.24) is 23.7 Å². The van der Waals surface area contributed by atoms with Crippen molar-refractivity contribution in [2.75, 3.05) is 5.75 Å². The number of nitrogens with zero attached hydrogens (tertiary/aromatic N) is 5. The third-order valence-electron chi connectivity index (χ3n) is 5.97. The van der Waals surface area contributed by atoms with E-state index in [-0.39, 0.29) is 22.3 Å². The first-order chi connectivity index (χ1) is 14.9. The number of thioether (sulfide) groups is 1. The van der Waals surface area contributed by atoms with E-state index < -0.39 is 11.2 Å². The van der Waals surface area contributed by atoms with Crippen molar-refractivity contribution < 1.29 is 4.79 Å². The van der Waals surface area contributed by atoms with Crippen molar-refractivity contribution in [3.63, 3.8) is 0 Å². The fraction of sp³-hybridized carbons (Fsp3) is 0.522. The maximum atomic E-state index is 13.1. The summed E-state index contributed by atoms with van der Waals surface area (Å²) in [7, 11) is 3.03. The first-order valence-corrected chi connectivity index (χ1v) is 11.7. The van der Waals surface area contributed by atoms with E-state index in [9.17, 15) is 14.4 Å². The van der Waals surface area contributed by atoms with Gasteiger partial charge in [-0.25, -0.2) is 14.8 Å². The largest absolute Gasteiger partial charge is 0.345 e. The van der Waals surface area contributed by atoms with Gasteiger partial charge in [0.25, 0.3) is 5.56 Å². The molecule has 0 saturated heterocycles. The van der Waals surface area contributed by atoms with Crippen LogP contribution in [0.2, 0.25) is 0 Å². The molecule has 1 fully saturated rings. The highest BCUT2D eigenvalue weighted by molar-refractivity contribution is 8.00. The highest BCUT2D eigenvalue weighted by Gasteiger charge is 2.29. The van der Waals surface area contributed by atoms with Crippen LogP contribution in [0.3, 0.4) is 0 Å². The highest BCUT2D eigenvalue weighted by Crippen LogP contribution is 2.38. The van der Waals surface area contributed by atoms with Gasteiger partial charge in [-0.15, -0.1) is 0 Å². The number of Topliss-reactive ketones (excluding diaryl/α,β-unsaturated/α-hetero) is 1. The van der Waals surface area contributed by atoms with Crippen molar-refractivity contribution in [3.8, 4) is 0 Å². The van der Waals surface area contributed by atoms with Crippen molar-refractivity contribution in [2.45, 2.75) is 63.9 Å². The van der Waals surface area contributed by atoms with Gasteiger partial charge in [0.2, 0.25) is 0 Å². The number of aromatic nitrogens is 5. The summed E-state index contributed by atoms with van der Waals surface area (Å²) in [5, 5.41) is 0.698. The monoisotopic (exact) mass is 455 g/mol. The summed E-state index contributed by atoms with van der Waals surface area (Å²) >= 11 is 1.23. The van der Waals surface area contributed by atoms with E-state index in [1.807, 2.05) is 40.7 Å². The Balaban J connectivity index is 1.77. The van der Waals surface area contributed by atoms with Crippen LogP contribution < -0.4 is 11.2 Å². The van der Waals surface area contributed by atoms with Crippen LogP contribution in [0.4, 0.5) is 0 Å². The van der Waals surface area contributed by atoms with Crippen LogP contribution >= 0.6 is 11.8 Å². The van der Waals surface area contributed by atoms with E-state index in [4.69, 9.17) is 0 Å². The molecule has 0 spiro atoms. The molecule has 0 radical (unpaired) electrons. The second-order valence-electron chi connectivity index (χ2n) is 9.60. The van der Waals surface area contributed by atoms with E-state index in [1.54, 1.807) is 7.05 Å². The summed E-state index contributed by atoms with van der Waals surface area (Å²) in [6.07, 6.45) is 2.31. The van der Waals surface area contributed by atoms with Gasteiger partial charge >= 0.3 is 5.69 Å². The molecular formula is C23H29N5O3S. The Bertz CT molecular complexity index is 1370. The zero-order valence-electron chi connectivity index (χ0n) is 19.6. The molecule has 3 heterocycles. The van der Waals surface area contributed by atoms with Gasteiger partial charge in [-0.1, -0.05) is 32.5 Å². The predicted molar refractivity (Wildman–Crippen MR) is 126 cm³/mol. The fourth-order valence-electron chi connectivity index (χ4n) is 4.03. The van der Waals surface area contributed by atoms with E-state index in [0.717, 1.165) is 34.4 Å². The summed E-state index contributed by atoms with van der Waals surface area (Å²) in [6.45, 7) is 9.94. The van der Waals surface area contributed by atoms with Gasteiger partial charge < -0.3 is 4.57 Å².